The minimum Gasteiger partial charge on any atom is -0.693 e. The van der Waals surface area contributed by atoms with E-state index in [1.807, 2.05) is 38.1 Å². The van der Waals surface area contributed by atoms with Gasteiger partial charge in [0.15, 0.2) is 5.91 Å². The van der Waals surface area contributed by atoms with Gasteiger partial charge in [-0.25, -0.2) is 11.3 Å². The molecule has 0 saturated carbocycles. The molecule has 0 aliphatic carbocycles. The number of aromatic nitrogens is 1. The Hall–Kier alpha value is 0.671. The Morgan fingerprint density at radius 1 is 1.26 bits per heavy atom. The smallest absolute Gasteiger partial charge is 0.236 e. The minimum absolute atomic E-state index is 0. The Morgan fingerprint density at radius 2 is 1.83 bits per heavy atom. The third-order valence-corrected chi connectivity index (χ3v) is 5.41. The third kappa shape index (κ3) is 12.4. The number of β-amino-alcohol motifs (C(OH)–C–C–N with tert-alkyl or cyclic N) is 1. The van der Waals surface area contributed by atoms with Gasteiger partial charge in [-0.3, -0.25) is 9.59 Å². The van der Waals surface area contributed by atoms with Gasteiger partial charge in [0, 0.05) is 107 Å². The topological polar surface area (TPSA) is 106 Å². The van der Waals surface area contributed by atoms with E-state index in [0.29, 0.717) is 5.92 Å². The zero-order chi connectivity index (χ0) is 22.3. The van der Waals surface area contributed by atoms with Crippen LogP contribution in [0.25, 0.3) is 16.2 Å². The first-order valence-electron chi connectivity index (χ1n) is 9.91. The van der Waals surface area contributed by atoms with E-state index in [9.17, 15) is 14.7 Å². The molecular weight excluding hydrogens is 1060 g/mol. The number of likely N-dealkylation sites (tertiary alicyclic amines) is 1. The van der Waals surface area contributed by atoms with Crippen molar-refractivity contribution >= 4 is 23.2 Å². The number of nitrogens with one attached hydrogen (secondary N) is 2. The SMILES string of the molecule is CC.C[C-](C)C([NH-])C(=O)N1CC(O)CC1C(=O)N[CH-]c1ccc(-c2[c-]ncs2)cc1.[CH3-].[Re].[Re].[Re].[Y]. The van der Waals surface area contributed by atoms with Gasteiger partial charge >= 0.3 is 0 Å². The number of amides is 2. The number of carbonyl (C=O) groups excluding carboxylic acids is 2. The van der Waals surface area contributed by atoms with Gasteiger partial charge in [-0.05, 0) is 5.51 Å². The number of hydrogen-bond donors (Lipinski definition) is 2. The summed E-state index contributed by atoms with van der Waals surface area (Å²) in [6.45, 7) is 9.06. The fourth-order valence-electron chi connectivity index (χ4n) is 3.02. The van der Waals surface area contributed by atoms with E-state index >= 15 is 0 Å². The molecule has 3 atom stereocenters. The summed E-state index contributed by atoms with van der Waals surface area (Å²) in [5.74, 6) is -0.178. The molecule has 12 heteroatoms. The summed E-state index contributed by atoms with van der Waals surface area (Å²) in [6.07, 6.45) is 2.31. The first-order chi connectivity index (χ1) is 14.4. The van der Waals surface area contributed by atoms with Gasteiger partial charge in [-0.15, -0.1) is 5.56 Å². The van der Waals surface area contributed by atoms with Crippen molar-refractivity contribution in [1.82, 2.24) is 15.2 Å². The summed E-state index contributed by atoms with van der Waals surface area (Å²) in [5.41, 5.74) is 11.5. The second kappa shape index (κ2) is 21.6. The average molecular weight is 1090 g/mol. The number of nitrogens with zero attached hydrogens (tertiary/aromatic N) is 2. The number of benzene rings is 1. The van der Waals surface area contributed by atoms with E-state index in [1.54, 1.807) is 25.9 Å². The third-order valence-electron chi connectivity index (χ3n) is 4.63. The number of rotatable bonds is 6. The van der Waals surface area contributed by atoms with Crippen molar-refractivity contribution in [2.75, 3.05) is 6.54 Å². The van der Waals surface area contributed by atoms with Crippen LogP contribution in [0.15, 0.2) is 29.8 Å². The van der Waals surface area contributed by atoms with Gasteiger partial charge in [0.1, 0.15) is 6.04 Å². The standard InChI is InChI=1S/C20H22N4O3S.C2H6.CH3.3Re.Y/c1-12(2)18(21)20(27)24-10-15(25)7-16(24)19(26)23-8-13-3-5-14(6-4-13)17-9-22-11-28-17;1-2;;;;;/h3-6,8,11,15-16,18,21,25H,7,10H2,1-2H3,(H,23,26);1-2H3;1H3;;;;/q-4;;-1;;;;. The summed E-state index contributed by atoms with van der Waals surface area (Å²) < 4.78 is 0. The van der Waals surface area contributed by atoms with Crippen LogP contribution in [-0.4, -0.2) is 51.5 Å². The first-order valence-corrected chi connectivity index (χ1v) is 10.8. The van der Waals surface area contributed by atoms with Crippen molar-refractivity contribution in [3.63, 3.8) is 0 Å². The maximum atomic E-state index is 12.6. The van der Waals surface area contributed by atoms with E-state index in [2.05, 4.69) is 16.5 Å². The van der Waals surface area contributed by atoms with Crippen molar-refractivity contribution < 1.29 is 109 Å². The predicted octanol–water partition coefficient (Wildman–Crippen LogP) is 3.70. The quantitative estimate of drug-likeness (QED) is 0.431. The number of aliphatic hydroxyl groups is 1. The van der Waals surface area contributed by atoms with E-state index < -0.39 is 24.1 Å². The van der Waals surface area contributed by atoms with Crippen LogP contribution in [-0.2, 0) is 104 Å². The van der Waals surface area contributed by atoms with E-state index in [4.69, 9.17) is 5.73 Å². The Kier molecular flexibility index (Phi) is 26.4. The largest absolute Gasteiger partial charge is 0.693 e. The van der Waals surface area contributed by atoms with Gasteiger partial charge in [0.05, 0.1) is 6.10 Å². The average Bonchev–Trinajstić information content (AvgIpc) is 3.42. The molecule has 1 saturated heterocycles. The molecule has 1 aromatic heterocycles. The molecule has 1 aliphatic rings. The summed E-state index contributed by atoms with van der Waals surface area (Å²) in [4.78, 5) is 31.3. The summed E-state index contributed by atoms with van der Waals surface area (Å²) in [5, 5.41) is 12.6. The zero-order valence-corrected chi connectivity index (χ0v) is 32.2. The second-order valence-electron chi connectivity index (χ2n) is 6.97. The maximum absolute atomic E-state index is 12.6. The van der Waals surface area contributed by atoms with Crippen molar-refractivity contribution in [1.29, 1.82) is 0 Å². The molecule has 2 aromatic rings. The van der Waals surface area contributed by atoms with Gasteiger partial charge in [-0.2, -0.15) is 49.7 Å². The van der Waals surface area contributed by atoms with Crippen molar-refractivity contribution in [3.8, 4) is 10.4 Å². The van der Waals surface area contributed by atoms with Crippen LogP contribution in [0, 0.1) is 26.1 Å². The van der Waals surface area contributed by atoms with Crippen LogP contribution < -0.4 is 5.32 Å². The maximum Gasteiger partial charge on any atom is 0.236 e. The van der Waals surface area contributed by atoms with E-state index in [0.717, 1.165) is 16.0 Å². The predicted molar refractivity (Wildman–Crippen MR) is 125 cm³/mol. The molecule has 7 nitrogen and oxygen atoms in total. The fraction of sp³-hybridized carbons (Fsp3) is 0.391. The molecule has 3 unspecified atom stereocenters. The van der Waals surface area contributed by atoms with Crippen LogP contribution in [0.5, 0.6) is 0 Å². The molecule has 3 rings (SSSR count). The Labute approximate surface area is 280 Å². The molecule has 0 bridgehead atoms. The molecule has 1 aliphatic heterocycles. The normalized spacial score (nSPS) is 16.4. The number of carbonyl (C=O) groups is 2. The van der Waals surface area contributed by atoms with Crippen LogP contribution in [0.2, 0.25) is 0 Å². The Morgan fingerprint density at radius 3 is 2.31 bits per heavy atom. The van der Waals surface area contributed by atoms with Gasteiger partial charge in [0.2, 0.25) is 5.91 Å². The summed E-state index contributed by atoms with van der Waals surface area (Å²) in [6, 6.07) is 5.76. The van der Waals surface area contributed by atoms with Crippen LogP contribution in [0.1, 0.15) is 39.7 Å². The second-order valence-corrected chi connectivity index (χ2v) is 7.83. The Balaban J connectivity index is -0.000000669. The van der Waals surface area contributed by atoms with Crippen molar-refractivity contribution in [3.05, 3.63) is 67.2 Å². The molecule has 35 heavy (non-hydrogen) atoms. The van der Waals surface area contributed by atoms with Crippen molar-refractivity contribution in [2.45, 2.75) is 52.3 Å². The van der Waals surface area contributed by atoms with Crippen molar-refractivity contribution in [2.24, 2.45) is 0 Å². The van der Waals surface area contributed by atoms with Crippen LogP contribution >= 0.6 is 11.3 Å². The van der Waals surface area contributed by atoms with E-state index in [-0.39, 0.29) is 120 Å². The van der Waals surface area contributed by atoms with E-state index in [1.165, 1.54) is 16.2 Å². The van der Waals surface area contributed by atoms with Gasteiger partial charge < -0.3 is 39.4 Å². The number of aliphatic hydroxyl groups excluding tert-OH is 1. The molecule has 1 fully saturated rings. The van der Waals surface area contributed by atoms with Crippen LogP contribution in [0.4, 0.5) is 0 Å². The molecule has 4 radical (unpaired) electrons. The molecule has 1 aromatic carbocycles. The summed E-state index contributed by atoms with van der Waals surface area (Å²) >= 11 is 1.50. The molecule has 196 valence electrons. The molecule has 3 N–H and O–H groups in total. The number of thiazole rings is 1. The number of hydrogen-bond acceptors (Lipinski definition) is 5. The monoisotopic (exact) mass is 1090 g/mol. The summed E-state index contributed by atoms with van der Waals surface area (Å²) in [7, 11) is 0. The molecular formula is C23H31N4O3Re3SY-5. The Bertz CT molecular complexity index is 830. The zero-order valence-electron chi connectivity index (χ0n) is 20.4. The van der Waals surface area contributed by atoms with Gasteiger partial charge in [0.25, 0.3) is 0 Å². The molecule has 2 amide bonds. The minimum atomic E-state index is -1.03. The fourth-order valence-corrected chi connectivity index (χ4v) is 3.61. The van der Waals surface area contributed by atoms with Gasteiger partial charge in [-0.1, -0.05) is 31.5 Å². The van der Waals surface area contributed by atoms with Crippen LogP contribution in [0.3, 0.4) is 0 Å². The molecule has 0 spiro atoms. The molecule has 2 heterocycles. The first kappa shape index (κ1) is 42.7.